The zero-order valence-corrected chi connectivity index (χ0v) is 7.49. The van der Waals surface area contributed by atoms with Crippen molar-refractivity contribution in [1.29, 1.82) is 0 Å². The van der Waals surface area contributed by atoms with Crippen LogP contribution in [0.2, 0.25) is 0 Å². The minimum Gasteiger partial charge on any atom is -0.481 e. The summed E-state index contributed by atoms with van der Waals surface area (Å²) in [6.45, 7) is 0. The van der Waals surface area contributed by atoms with E-state index in [0.717, 1.165) is 32.1 Å². The number of nitrogens with zero attached hydrogens (tertiary/aromatic N) is 1. The van der Waals surface area contributed by atoms with Crippen LogP contribution in [0.15, 0.2) is 5.10 Å². The van der Waals surface area contributed by atoms with Crippen molar-refractivity contribution in [2.75, 3.05) is 0 Å². The molecule has 0 bridgehead atoms. The van der Waals surface area contributed by atoms with Gasteiger partial charge >= 0.3 is 5.97 Å². The van der Waals surface area contributed by atoms with Crippen molar-refractivity contribution >= 4 is 12.2 Å². The summed E-state index contributed by atoms with van der Waals surface area (Å²) in [4.78, 5) is 10.7. The Bertz CT molecular complexity index is 232. The largest absolute Gasteiger partial charge is 0.481 e. The lowest BCUT2D eigenvalue weighted by Crippen LogP contribution is -2.43. The molecule has 4 heteroatoms. The van der Waals surface area contributed by atoms with Crippen molar-refractivity contribution in [3.8, 4) is 0 Å². The molecule has 4 nitrogen and oxygen atoms in total. The van der Waals surface area contributed by atoms with E-state index in [0.29, 0.717) is 0 Å². The molecule has 2 aliphatic rings. The van der Waals surface area contributed by atoms with Crippen LogP contribution in [0, 0.1) is 5.92 Å². The zero-order chi connectivity index (χ0) is 9.31. The van der Waals surface area contributed by atoms with Crippen molar-refractivity contribution < 1.29 is 9.90 Å². The number of nitrogens with one attached hydrogen (secondary N) is 1. The van der Waals surface area contributed by atoms with E-state index in [1.54, 1.807) is 0 Å². The Labute approximate surface area is 77.0 Å². The molecule has 13 heavy (non-hydrogen) atoms. The van der Waals surface area contributed by atoms with Gasteiger partial charge in [0.2, 0.25) is 0 Å². The van der Waals surface area contributed by atoms with E-state index >= 15 is 0 Å². The molecule has 0 unspecified atom stereocenters. The molecule has 0 amide bonds. The number of rotatable bonds is 1. The van der Waals surface area contributed by atoms with Crippen molar-refractivity contribution in [1.82, 2.24) is 5.43 Å². The van der Waals surface area contributed by atoms with Crippen LogP contribution in [-0.4, -0.2) is 22.8 Å². The standard InChI is InChI=1S/C9H14N2O2/c12-8(13)7-1-3-9(4-2-7)5-6-10-11-9/h6-7,11H,1-5H2,(H,12,13). The molecule has 1 aliphatic heterocycles. The third-order valence-corrected chi connectivity index (χ3v) is 3.17. The lowest BCUT2D eigenvalue weighted by Gasteiger charge is -2.35. The molecule has 1 spiro atoms. The van der Waals surface area contributed by atoms with Crippen LogP contribution in [0.5, 0.6) is 0 Å². The number of carboxylic acids is 1. The van der Waals surface area contributed by atoms with Gasteiger partial charge in [-0.25, -0.2) is 0 Å². The summed E-state index contributed by atoms with van der Waals surface area (Å²) in [5, 5.41) is 12.8. The lowest BCUT2D eigenvalue weighted by atomic mass is 9.76. The molecule has 0 saturated heterocycles. The normalized spacial score (nSPS) is 37.7. The van der Waals surface area contributed by atoms with E-state index in [4.69, 9.17) is 5.11 Å². The zero-order valence-electron chi connectivity index (χ0n) is 7.49. The number of carboxylic acid groups (broad SMARTS) is 1. The molecule has 2 N–H and O–H groups in total. The number of carbonyl (C=O) groups is 1. The van der Waals surface area contributed by atoms with Crippen molar-refractivity contribution in [3.63, 3.8) is 0 Å². The first-order chi connectivity index (χ1) is 6.22. The van der Waals surface area contributed by atoms with Crippen molar-refractivity contribution in [2.24, 2.45) is 11.0 Å². The Morgan fingerprint density at radius 3 is 2.69 bits per heavy atom. The minimum atomic E-state index is -0.645. The minimum absolute atomic E-state index is 0.103. The van der Waals surface area contributed by atoms with Gasteiger partial charge in [0.25, 0.3) is 0 Å². The first-order valence-corrected chi connectivity index (χ1v) is 4.73. The van der Waals surface area contributed by atoms with Crippen LogP contribution in [-0.2, 0) is 4.79 Å². The summed E-state index contributed by atoms with van der Waals surface area (Å²) in [6.07, 6.45) is 6.28. The molecule has 0 atom stereocenters. The Morgan fingerprint density at radius 2 is 2.23 bits per heavy atom. The van der Waals surface area contributed by atoms with E-state index in [1.165, 1.54) is 0 Å². The molecule has 1 aliphatic carbocycles. The Kier molecular flexibility index (Phi) is 1.98. The van der Waals surface area contributed by atoms with Crippen LogP contribution in [0.25, 0.3) is 0 Å². The molecular formula is C9H14N2O2. The summed E-state index contributed by atoms with van der Waals surface area (Å²) < 4.78 is 0. The van der Waals surface area contributed by atoms with Gasteiger partial charge < -0.3 is 10.5 Å². The topological polar surface area (TPSA) is 61.7 Å². The smallest absolute Gasteiger partial charge is 0.306 e. The predicted molar refractivity (Wildman–Crippen MR) is 48.6 cm³/mol. The molecule has 0 aromatic carbocycles. The predicted octanol–water partition coefficient (Wildman–Crippen LogP) is 0.979. The fourth-order valence-electron chi connectivity index (χ4n) is 2.18. The summed E-state index contributed by atoms with van der Waals surface area (Å²) in [5.74, 6) is -0.776. The van der Waals surface area contributed by atoms with Crippen LogP contribution < -0.4 is 5.43 Å². The Morgan fingerprint density at radius 1 is 1.54 bits per heavy atom. The molecule has 1 fully saturated rings. The van der Waals surface area contributed by atoms with Gasteiger partial charge in [0.1, 0.15) is 0 Å². The van der Waals surface area contributed by atoms with Gasteiger partial charge in [0, 0.05) is 12.6 Å². The third kappa shape index (κ3) is 1.53. The highest BCUT2D eigenvalue weighted by Crippen LogP contribution is 2.35. The Hall–Kier alpha value is -1.06. The molecule has 0 aromatic rings. The molecular weight excluding hydrogens is 168 g/mol. The Balaban J connectivity index is 1.92. The summed E-state index contributed by atoms with van der Waals surface area (Å²) in [6, 6.07) is 0. The lowest BCUT2D eigenvalue weighted by molar-refractivity contribution is -0.143. The molecule has 1 saturated carbocycles. The summed E-state index contributed by atoms with van der Waals surface area (Å²) in [7, 11) is 0. The summed E-state index contributed by atoms with van der Waals surface area (Å²) in [5.41, 5.74) is 3.21. The first kappa shape index (κ1) is 8.53. The number of hydrogen-bond acceptors (Lipinski definition) is 3. The highest BCUT2D eigenvalue weighted by Gasteiger charge is 2.38. The van der Waals surface area contributed by atoms with Gasteiger partial charge in [0.15, 0.2) is 0 Å². The van der Waals surface area contributed by atoms with E-state index in [1.807, 2.05) is 6.21 Å². The van der Waals surface area contributed by atoms with Crippen LogP contribution >= 0.6 is 0 Å². The SMILES string of the molecule is O=C(O)C1CCC2(CC=NN2)CC1. The molecule has 0 radical (unpaired) electrons. The van der Waals surface area contributed by atoms with Crippen LogP contribution in [0.1, 0.15) is 32.1 Å². The van der Waals surface area contributed by atoms with Gasteiger partial charge in [-0.3, -0.25) is 4.79 Å². The van der Waals surface area contributed by atoms with Gasteiger partial charge in [-0.15, -0.1) is 0 Å². The van der Waals surface area contributed by atoms with Crippen molar-refractivity contribution in [2.45, 2.75) is 37.6 Å². The van der Waals surface area contributed by atoms with E-state index in [-0.39, 0.29) is 11.5 Å². The van der Waals surface area contributed by atoms with E-state index in [9.17, 15) is 4.79 Å². The van der Waals surface area contributed by atoms with Gasteiger partial charge in [0.05, 0.1) is 11.5 Å². The van der Waals surface area contributed by atoms with Crippen LogP contribution in [0.3, 0.4) is 0 Å². The molecule has 72 valence electrons. The second kappa shape index (κ2) is 3.01. The first-order valence-electron chi connectivity index (χ1n) is 4.73. The maximum absolute atomic E-state index is 10.7. The average Bonchev–Trinajstić information content (AvgIpc) is 2.54. The van der Waals surface area contributed by atoms with E-state index < -0.39 is 5.97 Å². The maximum Gasteiger partial charge on any atom is 0.306 e. The van der Waals surface area contributed by atoms with Gasteiger partial charge in [-0.1, -0.05) is 0 Å². The number of hydrogen-bond donors (Lipinski definition) is 2. The van der Waals surface area contributed by atoms with Crippen molar-refractivity contribution in [3.05, 3.63) is 0 Å². The number of aliphatic carboxylic acids is 1. The summed E-state index contributed by atoms with van der Waals surface area (Å²) >= 11 is 0. The van der Waals surface area contributed by atoms with E-state index in [2.05, 4.69) is 10.5 Å². The highest BCUT2D eigenvalue weighted by molar-refractivity contribution is 5.70. The quantitative estimate of drug-likeness (QED) is 0.635. The molecule has 2 rings (SSSR count). The highest BCUT2D eigenvalue weighted by atomic mass is 16.4. The third-order valence-electron chi connectivity index (χ3n) is 3.17. The fraction of sp³-hybridized carbons (Fsp3) is 0.778. The number of hydrazone groups is 1. The van der Waals surface area contributed by atoms with Crippen LogP contribution in [0.4, 0.5) is 0 Å². The fourth-order valence-corrected chi connectivity index (χ4v) is 2.18. The molecule has 0 aromatic heterocycles. The second-order valence-electron chi connectivity index (χ2n) is 4.02. The second-order valence-corrected chi connectivity index (χ2v) is 4.02. The maximum atomic E-state index is 10.7. The van der Waals surface area contributed by atoms with Gasteiger partial charge in [-0.05, 0) is 25.7 Å². The average molecular weight is 182 g/mol. The molecule has 1 heterocycles. The van der Waals surface area contributed by atoms with Gasteiger partial charge in [-0.2, -0.15) is 5.10 Å². The monoisotopic (exact) mass is 182 g/mol.